The summed E-state index contributed by atoms with van der Waals surface area (Å²) in [5.41, 5.74) is 1.22. The molecule has 0 saturated carbocycles. The largest absolute Gasteiger partial charge is 0.484 e. The quantitative estimate of drug-likeness (QED) is 0.799. The summed E-state index contributed by atoms with van der Waals surface area (Å²) >= 11 is 0. The zero-order valence-electron chi connectivity index (χ0n) is 13.9. The second-order valence-electron chi connectivity index (χ2n) is 5.42. The van der Waals surface area contributed by atoms with Crippen molar-refractivity contribution in [3.63, 3.8) is 0 Å². The van der Waals surface area contributed by atoms with Gasteiger partial charge in [0.2, 0.25) is 5.91 Å². The summed E-state index contributed by atoms with van der Waals surface area (Å²) in [5.74, 6) is 0.312. The van der Waals surface area contributed by atoms with Crippen molar-refractivity contribution in [3.8, 4) is 5.75 Å². The van der Waals surface area contributed by atoms with Crippen molar-refractivity contribution < 1.29 is 14.3 Å². The number of carbonyl (C=O) groups is 2. The zero-order valence-corrected chi connectivity index (χ0v) is 13.9. The molecule has 0 bridgehead atoms. The van der Waals surface area contributed by atoms with Gasteiger partial charge in [-0.3, -0.25) is 9.59 Å². The van der Waals surface area contributed by atoms with Gasteiger partial charge in [-0.15, -0.1) is 0 Å². The van der Waals surface area contributed by atoms with Gasteiger partial charge >= 0.3 is 0 Å². The first-order chi connectivity index (χ1) is 10.5. The fraction of sp³-hybridized carbons (Fsp3) is 0.529. The maximum Gasteiger partial charge on any atom is 0.260 e. The third-order valence-corrected chi connectivity index (χ3v) is 3.21. The van der Waals surface area contributed by atoms with Crippen molar-refractivity contribution in [1.29, 1.82) is 0 Å². The third kappa shape index (κ3) is 6.16. The Kier molecular flexibility index (Phi) is 7.43. The van der Waals surface area contributed by atoms with Gasteiger partial charge in [-0.1, -0.05) is 19.1 Å². The lowest BCUT2D eigenvalue weighted by Crippen LogP contribution is -2.44. The number of benzene rings is 1. The van der Waals surface area contributed by atoms with Crippen LogP contribution in [0.4, 0.5) is 0 Å². The Morgan fingerprint density at radius 3 is 2.32 bits per heavy atom. The van der Waals surface area contributed by atoms with Gasteiger partial charge in [-0.05, 0) is 44.9 Å². The fourth-order valence-corrected chi connectivity index (χ4v) is 1.98. The molecular weight excluding hydrogens is 280 g/mol. The van der Waals surface area contributed by atoms with Crippen LogP contribution in [0.2, 0.25) is 0 Å². The molecule has 1 rings (SSSR count). The number of aryl methyl sites for hydroxylation is 1. The Hall–Kier alpha value is -2.04. The third-order valence-electron chi connectivity index (χ3n) is 3.21. The van der Waals surface area contributed by atoms with Gasteiger partial charge in [0.05, 0.1) is 6.54 Å². The average molecular weight is 306 g/mol. The summed E-state index contributed by atoms with van der Waals surface area (Å²) < 4.78 is 5.49. The molecule has 0 radical (unpaired) electrons. The van der Waals surface area contributed by atoms with E-state index in [-0.39, 0.29) is 31.0 Å². The van der Waals surface area contributed by atoms with Crippen molar-refractivity contribution >= 4 is 11.8 Å². The molecule has 0 fully saturated rings. The maximum atomic E-state index is 12.1. The number of nitrogens with zero attached hydrogens (tertiary/aromatic N) is 1. The predicted octanol–water partition coefficient (Wildman–Crippen LogP) is 2.00. The standard InChI is InChI=1S/C17H26N2O3/c1-5-14-7-9-15(10-8-14)22-12-17(21)19(6-2)11-16(20)18-13(3)4/h7-10,13H,5-6,11-12H2,1-4H3,(H,18,20). The fourth-order valence-electron chi connectivity index (χ4n) is 1.98. The molecule has 0 saturated heterocycles. The summed E-state index contributed by atoms with van der Waals surface area (Å²) in [6.07, 6.45) is 0.966. The van der Waals surface area contributed by atoms with Crippen molar-refractivity contribution in [1.82, 2.24) is 10.2 Å². The second-order valence-corrected chi connectivity index (χ2v) is 5.42. The average Bonchev–Trinajstić information content (AvgIpc) is 2.50. The number of rotatable bonds is 8. The van der Waals surface area contributed by atoms with E-state index in [4.69, 9.17) is 4.74 Å². The first kappa shape index (κ1) is 18.0. The minimum atomic E-state index is -0.194. The first-order valence-corrected chi connectivity index (χ1v) is 7.75. The van der Waals surface area contributed by atoms with E-state index < -0.39 is 0 Å². The molecule has 5 nitrogen and oxygen atoms in total. The van der Waals surface area contributed by atoms with E-state index >= 15 is 0 Å². The SMILES string of the molecule is CCc1ccc(OCC(=O)N(CC)CC(=O)NC(C)C)cc1. The molecule has 0 aliphatic carbocycles. The molecule has 0 heterocycles. The lowest BCUT2D eigenvalue weighted by Gasteiger charge is -2.21. The summed E-state index contributed by atoms with van der Waals surface area (Å²) in [6, 6.07) is 7.73. The Morgan fingerprint density at radius 2 is 1.82 bits per heavy atom. The molecule has 0 aromatic heterocycles. The molecule has 22 heavy (non-hydrogen) atoms. The zero-order chi connectivity index (χ0) is 16.5. The van der Waals surface area contributed by atoms with Gasteiger partial charge in [0, 0.05) is 12.6 Å². The van der Waals surface area contributed by atoms with Crippen molar-refractivity contribution in [2.45, 2.75) is 40.2 Å². The molecule has 1 N–H and O–H groups in total. The highest BCUT2D eigenvalue weighted by Crippen LogP contribution is 2.12. The van der Waals surface area contributed by atoms with E-state index in [1.54, 1.807) is 0 Å². The van der Waals surface area contributed by atoms with Crippen LogP contribution in [0.25, 0.3) is 0 Å². The Labute approximate surface area is 132 Å². The molecule has 122 valence electrons. The Bertz CT molecular complexity index is 483. The summed E-state index contributed by atoms with van der Waals surface area (Å²) in [6.45, 7) is 8.18. The van der Waals surface area contributed by atoms with E-state index in [9.17, 15) is 9.59 Å². The second kappa shape index (κ2) is 9.07. The summed E-state index contributed by atoms with van der Waals surface area (Å²) in [7, 11) is 0. The predicted molar refractivity (Wildman–Crippen MR) is 86.8 cm³/mol. The number of ether oxygens (including phenoxy) is 1. The van der Waals surface area contributed by atoms with Gasteiger partial charge in [-0.25, -0.2) is 0 Å². The molecule has 2 amide bonds. The molecule has 1 aromatic carbocycles. The highest BCUT2D eigenvalue weighted by molar-refractivity contribution is 5.85. The number of carbonyl (C=O) groups excluding carboxylic acids is 2. The van der Waals surface area contributed by atoms with Crippen LogP contribution in [0, 0.1) is 0 Å². The summed E-state index contributed by atoms with van der Waals surface area (Å²) in [5, 5.41) is 2.78. The molecular formula is C17H26N2O3. The lowest BCUT2D eigenvalue weighted by molar-refractivity contribution is -0.137. The number of hydrogen-bond acceptors (Lipinski definition) is 3. The minimum Gasteiger partial charge on any atom is -0.484 e. The molecule has 0 aliphatic heterocycles. The van der Waals surface area contributed by atoms with E-state index in [1.165, 1.54) is 10.5 Å². The monoisotopic (exact) mass is 306 g/mol. The lowest BCUT2D eigenvalue weighted by atomic mass is 10.2. The van der Waals surface area contributed by atoms with Gasteiger partial charge in [0.15, 0.2) is 6.61 Å². The number of amides is 2. The van der Waals surface area contributed by atoms with Crippen molar-refractivity contribution in [2.75, 3.05) is 19.7 Å². The van der Waals surface area contributed by atoms with E-state index in [0.717, 1.165) is 6.42 Å². The molecule has 0 unspecified atom stereocenters. The van der Waals surface area contributed by atoms with Crippen LogP contribution in [0.3, 0.4) is 0 Å². The van der Waals surface area contributed by atoms with E-state index in [1.807, 2.05) is 45.0 Å². The van der Waals surface area contributed by atoms with Crippen molar-refractivity contribution in [2.24, 2.45) is 0 Å². The van der Waals surface area contributed by atoms with Crippen LogP contribution in [-0.2, 0) is 16.0 Å². The Morgan fingerprint density at radius 1 is 1.18 bits per heavy atom. The smallest absolute Gasteiger partial charge is 0.260 e. The van der Waals surface area contributed by atoms with Crippen LogP contribution in [0.15, 0.2) is 24.3 Å². The minimum absolute atomic E-state index is 0.0612. The Balaban J connectivity index is 2.48. The van der Waals surface area contributed by atoms with Crippen molar-refractivity contribution in [3.05, 3.63) is 29.8 Å². The molecule has 0 spiro atoms. The van der Waals surface area contributed by atoms with Crippen LogP contribution < -0.4 is 10.1 Å². The number of likely N-dealkylation sites (N-methyl/N-ethyl adjacent to an activating group) is 1. The molecule has 5 heteroatoms. The molecule has 0 atom stereocenters. The van der Waals surface area contributed by atoms with Crippen LogP contribution in [0.1, 0.15) is 33.3 Å². The number of nitrogens with one attached hydrogen (secondary N) is 1. The summed E-state index contributed by atoms with van der Waals surface area (Å²) in [4.78, 5) is 25.3. The normalized spacial score (nSPS) is 10.4. The number of hydrogen-bond donors (Lipinski definition) is 1. The maximum absolute atomic E-state index is 12.1. The van der Waals surface area contributed by atoms with Crippen LogP contribution >= 0.6 is 0 Å². The first-order valence-electron chi connectivity index (χ1n) is 7.75. The van der Waals surface area contributed by atoms with Crippen LogP contribution in [-0.4, -0.2) is 42.5 Å². The topological polar surface area (TPSA) is 58.6 Å². The van der Waals surface area contributed by atoms with Gasteiger partial charge in [0.1, 0.15) is 5.75 Å². The molecule has 0 aliphatic rings. The van der Waals surface area contributed by atoms with Gasteiger partial charge in [-0.2, -0.15) is 0 Å². The highest BCUT2D eigenvalue weighted by Gasteiger charge is 2.16. The van der Waals surface area contributed by atoms with Crippen LogP contribution in [0.5, 0.6) is 5.75 Å². The molecule has 1 aromatic rings. The van der Waals surface area contributed by atoms with Gasteiger partial charge < -0.3 is 15.0 Å². The van der Waals surface area contributed by atoms with Gasteiger partial charge in [0.25, 0.3) is 5.91 Å². The van der Waals surface area contributed by atoms with E-state index in [0.29, 0.717) is 12.3 Å². The van der Waals surface area contributed by atoms with E-state index in [2.05, 4.69) is 12.2 Å². The highest BCUT2D eigenvalue weighted by atomic mass is 16.5.